The molecule has 0 aromatic carbocycles. The molecule has 0 aliphatic carbocycles. The highest BCUT2D eigenvalue weighted by molar-refractivity contribution is 7.10. The number of nitrogens with one attached hydrogen (secondary N) is 1. The zero-order valence-electron chi connectivity index (χ0n) is 11.5. The van der Waals surface area contributed by atoms with Gasteiger partial charge in [-0.3, -0.25) is 4.98 Å². The molecule has 0 saturated heterocycles. The lowest BCUT2D eigenvalue weighted by molar-refractivity contribution is 0.594. The molecule has 19 heavy (non-hydrogen) atoms. The van der Waals surface area contributed by atoms with Crippen molar-refractivity contribution in [3.05, 3.63) is 50.4 Å². The fraction of sp³-hybridized carbons (Fsp3) is 0.400. The van der Waals surface area contributed by atoms with Crippen LogP contribution in [0.5, 0.6) is 0 Å². The normalized spacial score (nSPS) is 12.6. The van der Waals surface area contributed by atoms with Crippen LogP contribution in [0.15, 0.2) is 23.7 Å². The molecule has 0 spiro atoms. The third kappa shape index (κ3) is 3.35. The maximum atomic E-state index is 6.35. The van der Waals surface area contributed by atoms with Gasteiger partial charge in [-0.15, -0.1) is 11.3 Å². The summed E-state index contributed by atoms with van der Waals surface area (Å²) in [7, 11) is 1.97. The van der Waals surface area contributed by atoms with Crippen molar-refractivity contribution >= 4 is 22.9 Å². The highest BCUT2D eigenvalue weighted by Gasteiger charge is 2.17. The van der Waals surface area contributed by atoms with E-state index in [0.717, 1.165) is 29.1 Å². The number of hydrogen-bond acceptors (Lipinski definition) is 3. The molecule has 0 fully saturated rings. The van der Waals surface area contributed by atoms with E-state index in [4.69, 9.17) is 11.6 Å². The molecule has 4 heteroatoms. The van der Waals surface area contributed by atoms with Crippen molar-refractivity contribution in [2.75, 3.05) is 7.05 Å². The van der Waals surface area contributed by atoms with Gasteiger partial charge in [-0.05, 0) is 43.0 Å². The summed E-state index contributed by atoms with van der Waals surface area (Å²) in [6.45, 7) is 4.19. The molecule has 102 valence electrons. The number of aromatic nitrogens is 1. The minimum Gasteiger partial charge on any atom is -0.312 e. The molecule has 0 radical (unpaired) electrons. The fourth-order valence-corrected chi connectivity index (χ4v) is 3.44. The van der Waals surface area contributed by atoms with Crippen LogP contribution in [-0.4, -0.2) is 12.0 Å². The number of likely N-dealkylation sites (N-methyl/N-ethyl adjacent to an activating group) is 1. The summed E-state index contributed by atoms with van der Waals surface area (Å²) in [4.78, 5) is 5.72. The summed E-state index contributed by atoms with van der Waals surface area (Å²) in [6, 6.07) is 4.49. The highest BCUT2D eigenvalue weighted by atomic mass is 35.5. The van der Waals surface area contributed by atoms with Crippen molar-refractivity contribution in [3.63, 3.8) is 0 Å². The Morgan fingerprint density at radius 1 is 1.42 bits per heavy atom. The van der Waals surface area contributed by atoms with Gasteiger partial charge < -0.3 is 5.32 Å². The summed E-state index contributed by atoms with van der Waals surface area (Å²) in [6.07, 6.45) is 3.85. The first-order valence-corrected chi connectivity index (χ1v) is 7.76. The maximum absolute atomic E-state index is 6.35. The Morgan fingerprint density at radius 2 is 2.21 bits per heavy atom. The van der Waals surface area contributed by atoms with Gasteiger partial charge in [0, 0.05) is 29.2 Å². The summed E-state index contributed by atoms with van der Waals surface area (Å²) >= 11 is 8.06. The number of pyridine rings is 1. The van der Waals surface area contributed by atoms with E-state index < -0.39 is 0 Å². The molecular formula is C15H19ClN2S. The molecule has 0 bridgehead atoms. The first-order chi connectivity index (χ1) is 9.15. The van der Waals surface area contributed by atoms with Gasteiger partial charge in [-0.25, -0.2) is 0 Å². The first-order valence-electron chi connectivity index (χ1n) is 6.50. The third-order valence-corrected chi connectivity index (χ3v) is 5.13. The number of halogens is 1. The molecule has 1 N–H and O–H groups in total. The van der Waals surface area contributed by atoms with Crippen molar-refractivity contribution in [3.8, 4) is 0 Å². The monoisotopic (exact) mass is 294 g/mol. The molecule has 1 unspecified atom stereocenters. The summed E-state index contributed by atoms with van der Waals surface area (Å²) in [5.74, 6) is 0. The SMILES string of the molecule is CCc1ccc(CC(NC)c2scc(C)c2Cl)nc1. The molecule has 0 aliphatic heterocycles. The molecule has 2 heterocycles. The van der Waals surface area contributed by atoms with Crippen molar-refractivity contribution in [2.45, 2.75) is 32.7 Å². The summed E-state index contributed by atoms with van der Waals surface area (Å²) < 4.78 is 0. The average molecular weight is 295 g/mol. The number of thiophene rings is 1. The van der Waals surface area contributed by atoms with Crippen LogP contribution in [0.3, 0.4) is 0 Å². The van der Waals surface area contributed by atoms with E-state index in [1.54, 1.807) is 11.3 Å². The van der Waals surface area contributed by atoms with Gasteiger partial charge in [-0.2, -0.15) is 0 Å². The standard InChI is InChI=1S/C15H19ClN2S/c1-4-11-5-6-12(18-8-11)7-13(17-3)15-14(16)10(2)9-19-15/h5-6,8-9,13,17H,4,7H2,1-3H3. The van der Waals surface area contributed by atoms with Gasteiger partial charge in [0.2, 0.25) is 0 Å². The molecule has 0 amide bonds. The van der Waals surface area contributed by atoms with E-state index in [0.29, 0.717) is 0 Å². The molecule has 2 rings (SSSR count). The Morgan fingerprint density at radius 3 is 2.68 bits per heavy atom. The Kier molecular flexibility index (Phi) is 4.97. The van der Waals surface area contributed by atoms with Crippen LogP contribution in [0.4, 0.5) is 0 Å². The highest BCUT2D eigenvalue weighted by Crippen LogP contribution is 2.33. The van der Waals surface area contributed by atoms with Gasteiger partial charge in [0.15, 0.2) is 0 Å². The zero-order valence-corrected chi connectivity index (χ0v) is 13.1. The lowest BCUT2D eigenvalue weighted by Gasteiger charge is -2.15. The second kappa shape index (κ2) is 6.51. The zero-order chi connectivity index (χ0) is 13.8. The smallest absolute Gasteiger partial charge is 0.0590 e. The predicted molar refractivity (Wildman–Crippen MR) is 83.2 cm³/mol. The average Bonchev–Trinajstić information content (AvgIpc) is 2.77. The van der Waals surface area contributed by atoms with E-state index >= 15 is 0 Å². The molecular weight excluding hydrogens is 276 g/mol. The van der Waals surface area contributed by atoms with Crippen LogP contribution in [0.1, 0.15) is 34.7 Å². The van der Waals surface area contributed by atoms with Crippen LogP contribution < -0.4 is 5.32 Å². The second-order valence-electron chi connectivity index (χ2n) is 4.65. The van der Waals surface area contributed by atoms with Gasteiger partial charge in [-0.1, -0.05) is 24.6 Å². The van der Waals surface area contributed by atoms with Crippen LogP contribution in [0, 0.1) is 6.92 Å². The predicted octanol–water partition coefficient (Wildman–Crippen LogP) is 4.17. The van der Waals surface area contributed by atoms with Gasteiger partial charge in [0.05, 0.1) is 5.02 Å². The number of aryl methyl sites for hydroxylation is 2. The molecule has 0 aliphatic rings. The lowest BCUT2D eigenvalue weighted by atomic mass is 10.1. The lowest BCUT2D eigenvalue weighted by Crippen LogP contribution is -2.18. The van der Waals surface area contributed by atoms with Crippen molar-refractivity contribution in [1.29, 1.82) is 0 Å². The Bertz CT molecular complexity index is 534. The quantitative estimate of drug-likeness (QED) is 0.895. The van der Waals surface area contributed by atoms with E-state index in [1.165, 1.54) is 10.4 Å². The summed E-state index contributed by atoms with van der Waals surface area (Å²) in [5, 5.41) is 6.33. The van der Waals surface area contributed by atoms with E-state index in [1.807, 2.05) is 20.2 Å². The van der Waals surface area contributed by atoms with Gasteiger partial charge in [0.1, 0.15) is 0 Å². The fourth-order valence-electron chi connectivity index (χ4n) is 2.00. The second-order valence-corrected chi connectivity index (χ2v) is 5.94. The van der Waals surface area contributed by atoms with Crippen LogP contribution in [0.2, 0.25) is 5.02 Å². The van der Waals surface area contributed by atoms with Gasteiger partial charge in [0.25, 0.3) is 0 Å². The summed E-state index contributed by atoms with van der Waals surface area (Å²) in [5.41, 5.74) is 3.52. The minimum atomic E-state index is 0.228. The van der Waals surface area contributed by atoms with Crippen molar-refractivity contribution in [1.82, 2.24) is 10.3 Å². The largest absolute Gasteiger partial charge is 0.312 e. The molecule has 0 saturated carbocycles. The van der Waals surface area contributed by atoms with Crippen LogP contribution in [0.25, 0.3) is 0 Å². The van der Waals surface area contributed by atoms with E-state index in [2.05, 4.69) is 34.7 Å². The molecule has 2 nitrogen and oxygen atoms in total. The van der Waals surface area contributed by atoms with Gasteiger partial charge >= 0.3 is 0 Å². The van der Waals surface area contributed by atoms with Crippen molar-refractivity contribution < 1.29 is 0 Å². The molecule has 2 aromatic heterocycles. The van der Waals surface area contributed by atoms with E-state index in [9.17, 15) is 0 Å². The molecule has 2 aromatic rings. The van der Waals surface area contributed by atoms with Crippen LogP contribution >= 0.6 is 22.9 Å². The number of rotatable bonds is 5. The first kappa shape index (κ1) is 14.5. The molecule has 1 atom stereocenters. The van der Waals surface area contributed by atoms with Crippen LogP contribution in [-0.2, 0) is 12.8 Å². The Labute approximate surface area is 123 Å². The maximum Gasteiger partial charge on any atom is 0.0590 e. The Hall–Kier alpha value is -0.900. The number of nitrogens with zero attached hydrogens (tertiary/aromatic N) is 1. The number of hydrogen-bond donors (Lipinski definition) is 1. The Balaban J connectivity index is 2.16. The van der Waals surface area contributed by atoms with E-state index in [-0.39, 0.29) is 6.04 Å². The third-order valence-electron chi connectivity index (χ3n) is 3.30. The minimum absolute atomic E-state index is 0.228. The van der Waals surface area contributed by atoms with Crippen molar-refractivity contribution in [2.24, 2.45) is 0 Å². The topological polar surface area (TPSA) is 24.9 Å².